The Labute approximate surface area is 107 Å². The number of sulfonamides is 1. The van der Waals surface area contributed by atoms with Crippen molar-refractivity contribution in [3.8, 4) is 0 Å². The smallest absolute Gasteiger partial charge is 0.243 e. The molecule has 100 valence electrons. The van der Waals surface area contributed by atoms with E-state index in [-0.39, 0.29) is 5.91 Å². The van der Waals surface area contributed by atoms with Crippen molar-refractivity contribution in [2.24, 2.45) is 5.73 Å². The zero-order valence-electron chi connectivity index (χ0n) is 10.5. The Morgan fingerprint density at radius 2 is 1.83 bits per heavy atom. The number of hydrogen-bond donors (Lipinski definition) is 3. The second-order valence-electron chi connectivity index (χ2n) is 4.63. The number of carbonyl (C=O) groups excluding carboxylic acids is 1. The summed E-state index contributed by atoms with van der Waals surface area (Å²) in [4.78, 5) is 11.7. The average molecular weight is 271 g/mol. The number of nitrogens with two attached hydrogens (primary N) is 1. The summed E-state index contributed by atoms with van der Waals surface area (Å²) in [6.45, 7) is 3.17. The van der Waals surface area contributed by atoms with Crippen molar-refractivity contribution in [2.45, 2.75) is 19.4 Å². The Morgan fingerprint density at radius 3 is 2.33 bits per heavy atom. The molecule has 1 aromatic rings. The lowest BCUT2D eigenvalue weighted by Crippen LogP contribution is -2.45. The third kappa shape index (κ3) is 4.72. The standard InChI is InChI=1S/C11H17N3O3S/c1-11(2,12)10(15)13-8-5-4-6-9(7-8)14-18(3,16)17/h4-7,14H,12H2,1-3H3,(H,13,15). The molecule has 0 spiro atoms. The van der Waals surface area contributed by atoms with E-state index in [0.717, 1.165) is 6.26 Å². The summed E-state index contributed by atoms with van der Waals surface area (Å²) < 4.78 is 24.5. The van der Waals surface area contributed by atoms with Gasteiger partial charge in [0.1, 0.15) is 0 Å². The third-order valence-corrected chi connectivity index (χ3v) is 2.62. The second-order valence-corrected chi connectivity index (χ2v) is 6.38. The van der Waals surface area contributed by atoms with Gasteiger partial charge in [0.05, 0.1) is 17.5 Å². The first-order chi connectivity index (χ1) is 8.08. The topological polar surface area (TPSA) is 101 Å². The first-order valence-electron chi connectivity index (χ1n) is 5.26. The summed E-state index contributed by atoms with van der Waals surface area (Å²) in [5.41, 5.74) is 5.50. The molecule has 0 atom stereocenters. The predicted octanol–water partition coefficient (Wildman–Crippen LogP) is 0.734. The third-order valence-electron chi connectivity index (χ3n) is 2.01. The molecule has 0 aromatic heterocycles. The van der Waals surface area contributed by atoms with Gasteiger partial charge < -0.3 is 11.1 Å². The van der Waals surface area contributed by atoms with Crippen LogP contribution in [0.3, 0.4) is 0 Å². The SMILES string of the molecule is CC(C)(N)C(=O)Nc1cccc(NS(C)(=O)=O)c1. The maximum absolute atomic E-state index is 11.7. The second kappa shape index (κ2) is 4.95. The van der Waals surface area contributed by atoms with Crippen LogP contribution in [-0.4, -0.2) is 26.1 Å². The lowest BCUT2D eigenvalue weighted by atomic mass is 10.1. The Bertz CT molecular complexity index is 547. The van der Waals surface area contributed by atoms with Crippen LogP contribution in [0.4, 0.5) is 11.4 Å². The van der Waals surface area contributed by atoms with Crippen LogP contribution < -0.4 is 15.8 Å². The maximum atomic E-state index is 11.7. The largest absolute Gasteiger partial charge is 0.324 e. The van der Waals surface area contributed by atoms with Crippen LogP contribution in [0.15, 0.2) is 24.3 Å². The van der Waals surface area contributed by atoms with E-state index >= 15 is 0 Å². The lowest BCUT2D eigenvalue weighted by Gasteiger charge is -2.18. The molecular formula is C11H17N3O3S. The van der Waals surface area contributed by atoms with Crippen molar-refractivity contribution >= 4 is 27.3 Å². The van der Waals surface area contributed by atoms with E-state index in [0.29, 0.717) is 11.4 Å². The highest BCUT2D eigenvalue weighted by atomic mass is 32.2. The summed E-state index contributed by atoms with van der Waals surface area (Å²) >= 11 is 0. The molecule has 0 radical (unpaired) electrons. The number of amides is 1. The minimum Gasteiger partial charge on any atom is -0.324 e. The molecule has 1 amide bonds. The number of benzene rings is 1. The molecule has 0 aliphatic rings. The van der Waals surface area contributed by atoms with Crippen molar-refractivity contribution in [3.63, 3.8) is 0 Å². The van der Waals surface area contributed by atoms with Gasteiger partial charge >= 0.3 is 0 Å². The summed E-state index contributed by atoms with van der Waals surface area (Å²) in [5, 5.41) is 2.61. The molecule has 1 aromatic carbocycles. The number of carbonyl (C=O) groups is 1. The van der Waals surface area contributed by atoms with Crippen molar-refractivity contribution in [1.82, 2.24) is 0 Å². The first kappa shape index (κ1) is 14.5. The van der Waals surface area contributed by atoms with Gasteiger partial charge in [-0.3, -0.25) is 9.52 Å². The van der Waals surface area contributed by atoms with E-state index in [2.05, 4.69) is 10.0 Å². The predicted molar refractivity (Wildman–Crippen MR) is 71.8 cm³/mol. The van der Waals surface area contributed by atoms with Gasteiger partial charge in [0.15, 0.2) is 0 Å². The van der Waals surface area contributed by atoms with Crippen molar-refractivity contribution in [1.29, 1.82) is 0 Å². The van der Waals surface area contributed by atoms with Gasteiger partial charge in [-0.25, -0.2) is 8.42 Å². The summed E-state index contributed by atoms with van der Waals surface area (Å²) in [5.74, 6) is -0.348. The molecule has 18 heavy (non-hydrogen) atoms. The van der Waals surface area contributed by atoms with Gasteiger partial charge in [-0.05, 0) is 32.0 Å². The zero-order valence-corrected chi connectivity index (χ0v) is 11.3. The van der Waals surface area contributed by atoms with E-state index in [9.17, 15) is 13.2 Å². The molecule has 6 nitrogen and oxygen atoms in total. The van der Waals surface area contributed by atoms with Gasteiger partial charge in [0, 0.05) is 5.69 Å². The molecule has 1 rings (SSSR count). The van der Waals surface area contributed by atoms with Crippen LogP contribution in [0.5, 0.6) is 0 Å². The van der Waals surface area contributed by atoms with E-state index in [4.69, 9.17) is 5.73 Å². The zero-order chi connectivity index (χ0) is 14.0. The number of hydrogen-bond acceptors (Lipinski definition) is 4. The number of rotatable bonds is 4. The van der Waals surface area contributed by atoms with Gasteiger partial charge in [0.2, 0.25) is 15.9 Å². The highest BCUT2D eigenvalue weighted by Gasteiger charge is 2.21. The highest BCUT2D eigenvalue weighted by Crippen LogP contribution is 2.17. The van der Waals surface area contributed by atoms with E-state index in [1.807, 2.05) is 0 Å². The quantitative estimate of drug-likeness (QED) is 0.751. The Balaban J connectivity index is 2.87. The Morgan fingerprint density at radius 1 is 1.28 bits per heavy atom. The van der Waals surface area contributed by atoms with Crippen molar-refractivity contribution in [3.05, 3.63) is 24.3 Å². The molecule has 0 bridgehead atoms. The highest BCUT2D eigenvalue weighted by molar-refractivity contribution is 7.92. The fourth-order valence-corrected chi connectivity index (χ4v) is 1.72. The molecule has 0 saturated heterocycles. The fraction of sp³-hybridized carbons (Fsp3) is 0.364. The van der Waals surface area contributed by atoms with Crippen LogP contribution in [0.1, 0.15) is 13.8 Å². The minimum atomic E-state index is -3.34. The Hall–Kier alpha value is -1.60. The molecule has 7 heteroatoms. The lowest BCUT2D eigenvalue weighted by molar-refractivity contribution is -0.120. The van der Waals surface area contributed by atoms with Gasteiger partial charge in [-0.2, -0.15) is 0 Å². The molecule has 0 aliphatic carbocycles. The molecule has 0 unspecified atom stereocenters. The van der Waals surface area contributed by atoms with E-state index < -0.39 is 15.6 Å². The molecule has 0 heterocycles. The molecule has 0 saturated carbocycles. The maximum Gasteiger partial charge on any atom is 0.243 e. The summed E-state index contributed by atoms with van der Waals surface area (Å²) in [7, 11) is -3.34. The Kier molecular flexibility index (Phi) is 3.98. The van der Waals surface area contributed by atoms with Crippen molar-refractivity contribution < 1.29 is 13.2 Å². The number of anilines is 2. The monoisotopic (exact) mass is 271 g/mol. The van der Waals surface area contributed by atoms with Crippen LogP contribution in [-0.2, 0) is 14.8 Å². The fourth-order valence-electron chi connectivity index (χ4n) is 1.17. The van der Waals surface area contributed by atoms with E-state index in [1.165, 1.54) is 6.07 Å². The first-order valence-corrected chi connectivity index (χ1v) is 7.15. The van der Waals surface area contributed by atoms with Crippen LogP contribution >= 0.6 is 0 Å². The summed E-state index contributed by atoms with van der Waals surface area (Å²) in [6.07, 6.45) is 1.06. The average Bonchev–Trinajstić information content (AvgIpc) is 2.13. The number of nitrogens with one attached hydrogen (secondary N) is 2. The van der Waals surface area contributed by atoms with Crippen LogP contribution in [0.2, 0.25) is 0 Å². The normalized spacial score (nSPS) is 12.0. The van der Waals surface area contributed by atoms with Gasteiger partial charge in [-0.15, -0.1) is 0 Å². The van der Waals surface area contributed by atoms with Crippen molar-refractivity contribution in [2.75, 3.05) is 16.3 Å². The molecule has 0 aliphatic heterocycles. The molecular weight excluding hydrogens is 254 g/mol. The van der Waals surface area contributed by atoms with Gasteiger partial charge in [0.25, 0.3) is 0 Å². The van der Waals surface area contributed by atoms with E-state index in [1.54, 1.807) is 32.0 Å². The van der Waals surface area contributed by atoms with Gasteiger partial charge in [-0.1, -0.05) is 6.07 Å². The summed E-state index contributed by atoms with van der Waals surface area (Å²) in [6, 6.07) is 6.39. The molecule has 4 N–H and O–H groups in total. The van der Waals surface area contributed by atoms with Crippen LogP contribution in [0, 0.1) is 0 Å². The minimum absolute atomic E-state index is 0.348. The van der Waals surface area contributed by atoms with Crippen LogP contribution in [0.25, 0.3) is 0 Å². The molecule has 0 fully saturated rings.